The van der Waals surface area contributed by atoms with Gasteiger partial charge in [-0.2, -0.15) is 0 Å². The largest absolute Gasteiger partial charge is 0.0998 e. The molecule has 0 heterocycles. The Labute approximate surface area is 169 Å². The van der Waals surface area contributed by atoms with Crippen molar-refractivity contribution in [2.24, 2.45) is 5.92 Å². The van der Waals surface area contributed by atoms with E-state index in [1.54, 1.807) is 0 Å². The summed E-state index contributed by atoms with van der Waals surface area (Å²) in [5.74, 6) is 1.03. The van der Waals surface area contributed by atoms with Crippen LogP contribution in [0.3, 0.4) is 0 Å². The first-order valence-electron chi connectivity index (χ1n) is 11.0. The van der Waals surface area contributed by atoms with Crippen molar-refractivity contribution in [1.82, 2.24) is 0 Å². The number of unbranched alkanes of at least 4 members (excludes halogenated alkanes) is 2. The number of hydrogen-bond acceptors (Lipinski definition) is 0. The summed E-state index contributed by atoms with van der Waals surface area (Å²) in [6.45, 7) is 23.8. The monoisotopic (exact) mass is 366 g/mol. The van der Waals surface area contributed by atoms with Crippen LogP contribution in [-0.4, -0.2) is 0 Å². The van der Waals surface area contributed by atoms with Gasteiger partial charge in [0, 0.05) is 5.92 Å². The highest BCUT2D eigenvalue weighted by molar-refractivity contribution is 5.69. The molecule has 0 spiro atoms. The summed E-state index contributed by atoms with van der Waals surface area (Å²) in [6, 6.07) is 4.76. The number of aryl methyl sites for hydroxylation is 1. The van der Waals surface area contributed by atoms with Crippen LogP contribution in [0, 0.1) is 12.8 Å². The molecular weight excluding hydrogens is 324 g/mol. The lowest BCUT2D eigenvalue weighted by molar-refractivity contribution is 0.482. The third-order valence-electron chi connectivity index (χ3n) is 5.81. The Bertz CT molecular complexity index is 672. The molecule has 0 saturated heterocycles. The first kappa shape index (κ1) is 23.5. The van der Waals surface area contributed by atoms with Crippen molar-refractivity contribution in [3.05, 3.63) is 64.8 Å². The fourth-order valence-corrected chi connectivity index (χ4v) is 4.44. The normalized spacial score (nSPS) is 19.0. The van der Waals surface area contributed by atoms with Gasteiger partial charge in [-0.3, -0.25) is 0 Å². The summed E-state index contributed by atoms with van der Waals surface area (Å²) >= 11 is 0. The Balaban J connectivity index is 0.00000176. The van der Waals surface area contributed by atoms with E-state index in [4.69, 9.17) is 0 Å². The van der Waals surface area contributed by atoms with E-state index in [0.29, 0.717) is 11.8 Å². The van der Waals surface area contributed by atoms with Gasteiger partial charge in [0.25, 0.3) is 0 Å². The van der Waals surface area contributed by atoms with Gasteiger partial charge in [-0.05, 0) is 81.5 Å². The first-order valence-corrected chi connectivity index (χ1v) is 11.0. The molecule has 0 bridgehead atoms. The van der Waals surface area contributed by atoms with E-state index in [-0.39, 0.29) is 0 Å². The van der Waals surface area contributed by atoms with E-state index in [0.717, 1.165) is 0 Å². The molecule has 1 aromatic rings. The van der Waals surface area contributed by atoms with E-state index in [1.165, 1.54) is 77.5 Å². The van der Waals surface area contributed by atoms with Crippen LogP contribution >= 0.6 is 0 Å². The Morgan fingerprint density at radius 3 is 2.30 bits per heavy atom. The van der Waals surface area contributed by atoms with Crippen molar-refractivity contribution in [3.8, 4) is 0 Å². The van der Waals surface area contributed by atoms with E-state index in [2.05, 4.69) is 66.0 Å². The van der Waals surface area contributed by atoms with Crippen LogP contribution in [0.25, 0.3) is 5.57 Å². The Hall–Kier alpha value is -1.56. The Kier molecular flexibility index (Phi) is 9.84. The fraction of sp³-hybridized carbons (Fsp3) is 0.556. The first-order chi connectivity index (χ1) is 12.9. The fourth-order valence-electron chi connectivity index (χ4n) is 4.44. The topological polar surface area (TPSA) is 0 Å². The molecule has 0 N–H and O–H groups in total. The standard InChI is InChI=1S/C25H36.C2H6/c1-8-9-10-11-21-13-15-23(20(7)25(21)18(4)5)24-16-19(6)12-14-22(24)17(2)3;1-2/h13,15-16,22,24H,2,4,8-12,14H2,1,3,5-7H3;1-2H3. The molecule has 0 nitrogen and oxygen atoms in total. The summed E-state index contributed by atoms with van der Waals surface area (Å²) in [5, 5.41) is 0. The van der Waals surface area contributed by atoms with Crippen molar-refractivity contribution in [1.29, 1.82) is 0 Å². The third-order valence-corrected chi connectivity index (χ3v) is 5.81. The van der Waals surface area contributed by atoms with Gasteiger partial charge in [0.05, 0.1) is 0 Å². The summed E-state index contributed by atoms with van der Waals surface area (Å²) < 4.78 is 0. The van der Waals surface area contributed by atoms with Crippen LogP contribution in [0.1, 0.15) is 102 Å². The second-order valence-corrected chi connectivity index (χ2v) is 8.08. The van der Waals surface area contributed by atoms with Crippen LogP contribution in [0.2, 0.25) is 0 Å². The van der Waals surface area contributed by atoms with Gasteiger partial charge in [-0.15, -0.1) is 0 Å². The average molecular weight is 367 g/mol. The number of allylic oxidation sites excluding steroid dienone is 4. The SMILES string of the molecule is C=C(C)c1c(CCCCC)ccc(C2C=C(C)CCC2C(=C)C)c1C.CC. The van der Waals surface area contributed by atoms with Crippen molar-refractivity contribution >= 4 is 5.57 Å². The van der Waals surface area contributed by atoms with E-state index < -0.39 is 0 Å². The molecule has 0 saturated carbocycles. The van der Waals surface area contributed by atoms with Crippen molar-refractivity contribution < 1.29 is 0 Å². The maximum atomic E-state index is 4.30. The molecule has 0 fully saturated rings. The molecule has 150 valence electrons. The van der Waals surface area contributed by atoms with Gasteiger partial charge < -0.3 is 0 Å². The molecule has 0 radical (unpaired) electrons. The molecule has 27 heavy (non-hydrogen) atoms. The second kappa shape index (κ2) is 11.3. The lowest BCUT2D eigenvalue weighted by Gasteiger charge is -2.32. The maximum absolute atomic E-state index is 4.30. The van der Waals surface area contributed by atoms with Crippen LogP contribution in [0.15, 0.2) is 42.5 Å². The summed E-state index contributed by atoms with van der Waals surface area (Å²) in [4.78, 5) is 0. The van der Waals surface area contributed by atoms with Crippen molar-refractivity contribution in [2.45, 2.75) is 92.9 Å². The molecule has 0 aromatic heterocycles. The van der Waals surface area contributed by atoms with Crippen LogP contribution in [-0.2, 0) is 6.42 Å². The quantitative estimate of drug-likeness (QED) is 0.334. The molecule has 1 aliphatic carbocycles. The highest BCUT2D eigenvalue weighted by atomic mass is 14.3. The minimum atomic E-state index is 0.467. The lowest BCUT2D eigenvalue weighted by Crippen LogP contribution is -2.18. The number of rotatable bonds is 7. The summed E-state index contributed by atoms with van der Waals surface area (Å²) in [6.07, 6.45) is 9.93. The van der Waals surface area contributed by atoms with Crippen LogP contribution < -0.4 is 0 Å². The van der Waals surface area contributed by atoms with Gasteiger partial charge in [0.1, 0.15) is 0 Å². The Morgan fingerprint density at radius 1 is 1.07 bits per heavy atom. The van der Waals surface area contributed by atoms with Crippen LogP contribution in [0.5, 0.6) is 0 Å². The molecule has 2 unspecified atom stereocenters. The molecule has 2 atom stereocenters. The lowest BCUT2D eigenvalue weighted by atomic mass is 9.72. The van der Waals surface area contributed by atoms with E-state index in [9.17, 15) is 0 Å². The Morgan fingerprint density at radius 2 is 1.74 bits per heavy atom. The minimum Gasteiger partial charge on any atom is -0.0998 e. The van der Waals surface area contributed by atoms with E-state index in [1.807, 2.05) is 13.8 Å². The molecule has 2 rings (SSSR count). The zero-order chi connectivity index (χ0) is 20.6. The predicted molar refractivity (Wildman–Crippen MR) is 125 cm³/mol. The maximum Gasteiger partial charge on any atom is 0.00887 e. The van der Waals surface area contributed by atoms with Gasteiger partial charge in [0.15, 0.2) is 0 Å². The van der Waals surface area contributed by atoms with Gasteiger partial charge in [-0.25, -0.2) is 0 Å². The van der Waals surface area contributed by atoms with Crippen LogP contribution in [0.4, 0.5) is 0 Å². The molecule has 0 aliphatic heterocycles. The van der Waals surface area contributed by atoms with Crippen molar-refractivity contribution in [2.75, 3.05) is 0 Å². The van der Waals surface area contributed by atoms with Gasteiger partial charge in [-0.1, -0.05) is 81.7 Å². The number of hydrogen-bond donors (Lipinski definition) is 0. The molecule has 0 amide bonds. The molecule has 1 aliphatic rings. The van der Waals surface area contributed by atoms with Crippen molar-refractivity contribution in [3.63, 3.8) is 0 Å². The summed E-state index contributed by atoms with van der Waals surface area (Å²) in [7, 11) is 0. The minimum absolute atomic E-state index is 0.467. The highest BCUT2D eigenvalue weighted by Gasteiger charge is 2.27. The van der Waals surface area contributed by atoms with Gasteiger partial charge >= 0.3 is 0 Å². The summed E-state index contributed by atoms with van der Waals surface area (Å²) in [5.41, 5.74) is 9.83. The smallest absolute Gasteiger partial charge is 0.00887 e. The van der Waals surface area contributed by atoms with E-state index >= 15 is 0 Å². The molecule has 1 aromatic carbocycles. The zero-order valence-corrected chi connectivity index (χ0v) is 19.0. The third kappa shape index (κ3) is 5.96. The predicted octanol–water partition coefficient (Wildman–Crippen LogP) is 8.80. The highest BCUT2D eigenvalue weighted by Crippen LogP contribution is 2.42. The average Bonchev–Trinajstić information content (AvgIpc) is 2.63. The number of benzene rings is 1. The molecule has 0 heteroatoms. The van der Waals surface area contributed by atoms with Gasteiger partial charge in [0.2, 0.25) is 0 Å². The second-order valence-electron chi connectivity index (χ2n) is 8.08. The zero-order valence-electron chi connectivity index (χ0n) is 19.0. The molecular formula is C27H42.